The molecule has 4 rings (SSSR count). The maximum atomic E-state index is 12.4. The minimum atomic E-state index is -1.87. The Hall–Kier alpha value is -1.44. The zero-order valence-corrected chi connectivity index (χ0v) is 16.3. The van der Waals surface area contributed by atoms with Crippen LogP contribution in [0.15, 0.2) is 23.2 Å². The second kappa shape index (κ2) is 6.94. The van der Waals surface area contributed by atoms with E-state index in [1.807, 2.05) is 14.7 Å². The molecule has 3 fully saturated rings. The number of carboxylic acid groups (broad SMARTS) is 1. The fraction of sp³-hybridized carbons (Fsp3) is 0.562. The SMILES string of the molecule is CC(Cl)C(Cl)(Cl)C(=O)O.O=C1C=C(N2CC2)C(=O)C(N2CC2)=C1N1CC1. The first kappa shape index (κ1) is 19.3. The molecule has 0 bridgehead atoms. The number of halogens is 3. The number of alkyl halides is 3. The van der Waals surface area contributed by atoms with Gasteiger partial charge in [-0.1, -0.05) is 23.2 Å². The summed E-state index contributed by atoms with van der Waals surface area (Å²) >= 11 is 15.8. The Balaban J connectivity index is 0.000000188. The van der Waals surface area contributed by atoms with Crippen LogP contribution in [0.2, 0.25) is 0 Å². The number of Topliss-reactive ketones (excluding diaryl/α,β-unsaturated/α-hetero) is 1. The van der Waals surface area contributed by atoms with E-state index < -0.39 is 15.7 Å². The van der Waals surface area contributed by atoms with E-state index in [0.29, 0.717) is 17.1 Å². The highest BCUT2D eigenvalue weighted by atomic mass is 35.5. The number of carboxylic acids is 1. The molecule has 26 heavy (non-hydrogen) atoms. The van der Waals surface area contributed by atoms with Gasteiger partial charge in [0.15, 0.2) is 0 Å². The van der Waals surface area contributed by atoms with E-state index in [-0.39, 0.29) is 11.6 Å². The van der Waals surface area contributed by atoms with Gasteiger partial charge in [0.2, 0.25) is 15.9 Å². The van der Waals surface area contributed by atoms with Crippen LogP contribution in [0.4, 0.5) is 0 Å². The van der Waals surface area contributed by atoms with Crippen LogP contribution in [0.25, 0.3) is 0 Å². The predicted octanol–water partition coefficient (Wildman–Crippen LogP) is 1.05. The lowest BCUT2D eigenvalue weighted by Gasteiger charge is -2.21. The number of allylic oxidation sites excluding steroid dienone is 1. The maximum absolute atomic E-state index is 12.4. The molecule has 3 aliphatic heterocycles. The number of hydrogen-bond donors (Lipinski definition) is 1. The molecule has 0 spiro atoms. The van der Waals surface area contributed by atoms with Crippen molar-refractivity contribution in [3.63, 3.8) is 0 Å². The Labute approximate surface area is 165 Å². The Morgan fingerprint density at radius 2 is 1.50 bits per heavy atom. The van der Waals surface area contributed by atoms with Gasteiger partial charge in [-0.3, -0.25) is 9.59 Å². The molecular weight excluding hydrogens is 405 g/mol. The first-order valence-electron chi connectivity index (χ1n) is 8.19. The van der Waals surface area contributed by atoms with Crippen molar-refractivity contribution in [1.29, 1.82) is 0 Å². The minimum absolute atomic E-state index is 0.00546. The van der Waals surface area contributed by atoms with Crippen molar-refractivity contribution >= 4 is 52.3 Å². The molecule has 1 N–H and O–H groups in total. The summed E-state index contributed by atoms with van der Waals surface area (Å²) in [5, 5.41) is 7.46. The van der Waals surface area contributed by atoms with Crippen LogP contribution >= 0.6 is 34.8 Å². The summed E-state index contributed by atoms with van der Waals surface area (Å²) < 4.78 is -1.87. The van der Waals surface area contributed by atoms with Gasteiger partial charge in [0.05, 0.1) is 11.1 Å². The molecule has 3 saturated heterocycles. The lowest BCUT2D eigenvalue weighted by molar-refractivity contribution is -0.137. The predicted molar refractivity (Wildman–Crippen MR) is 97.2 cm³/mol. The minimum Gasteiger partial charge on any atom is -0.479 e. The van der Waals surface area contributed by atoms with Crippen molar-refractivity contribution in [1.82, 2.24) is 14.7 Å². The quantitative estimate of drug-likeness (QED) is 0.403. The molecule has 0 saturated carbocycles. The molecule has 1 unspecified atom stereocenters. The molecule has 4 aliphatic rings. The van der Waals surface area contributed by atoms with Gasteiger partial charge >= 0.3 is 5.97 Å². The number of rotatable bonds is 5. The molecule has 0 radical (unpaired) electrons. The summed E-state index contributed by atoms with van der Waals surface area (Å²) in [6, 6.07) is 0. The van der Waals surface area contributed by atoms with Gasteiger partial charge in [0.25, 0.3) is 0 Å². The van der Waals surface area contributed by atoms with Gasteiger partial charge in [-0.2, -0.15) is 0 Å². The van der Waals surface area contributed by atoms with Crippen molar-refractivity contribution in [2.45, 2.75) is 16.6 Å². The van der Waals surface area contributed by atoms with E-state index >= 15 is 0 Å². The molecule has 10 heteroatoms. The normalized spacial score (nSPS) is 22.6. The monoisotopic (exact) mass is 421 g/mol. The number of ketones is 2. The molecule has 0 aromatic carbocycles. The molecule has 7 nitrogen and oxygen atoms in total. The lowest BCUT2D eigenvalue weighted by Crippen LogP contribution is -2.33. The van der Waals surface area contributed by atoms with E-state index in [1.165, 1.54) is 13.0 Å². The average molecular weight is 423 g/mol. The molecule has 1 aliphatic carbocycles. The first-order chi connectivity index (χ1) is 12.1. The van der Waals surface area contributed by atoms with Crippen LogP contribution in [0.3, 0.4) is 0 Å². The van der Waals surface area contributed by atoms with E-state index in [9.17, 15) is 14.4 Å². The largest absolute Gasteiger partial charge is 0.479 e. The van der Waals surface area contributed by atoms with Gasteiger partial charge in [-0.15, -0.1) is 11.6 Å². The molecule has 0 aromatic rings. The Morgan fingerprint density at radius 3 is 1.85 bits per heavy atom. The maximum Gasteiger partial charge on any atom is 0.341 e. The molecule has 0 amide bonds. The van der Waals surface area contributed by atoms with Crippen molar-refractivity contribution < 1.29 is 19.5 Å². The van der Waals surface area contributed by atoms with Crippen LogP contribution < -0.4 is 0 Å². The summed E-state index contributed by atoms with van der Waals surface area (Å²) in [7, 11) is 0. The van der Waals surface area contributed by atoms with E-state index in [1.54, 1.807) is 0 Å². The topological polar surface area (TPSA) is 80.5 Å². The van der Waals surface area contributed by atoms with Gasteiger partial charge in [0, 0.05) is 45.3 Å². The highest BCUT2D eigenvalue weighted by Crippen LogP contribution is 2.34. The summed E-state index contributed by atoms with van der Waals surface area (Å²) in [6.07, 6.45) is 1.52. The van der Waals surface area contributed by atoms with Crippen LogP contribution in [0.1, 0.15) is 6.92 Å². The third-order valence-corrected chi connectivity index (χ3v) is 5.80. The number of carbonyl (C=O) groups is 3. The zero-order chi connectivity index (χ0) is 19.2. The van der Waals surface area contributed by atoms with Crippen LogP contribution in [0.5, 0.6) is 0 Å². The van der Waals surface area contributed by atoms with Crippen molar-refractivity contribution in [3.05, 3.63) is 23.2 Å². The first-order valence-corrected chi connectivity index (χ1v) is 9.39. The van der Waals surface area contributed by atoms with E-state index in [4.69, 9.17) is 39.9 Å². The second-order valence-electron chi connectivity index (χ2n) is 6.43. The van der Waals surface area contributed by atoms with Gasteiger partial charge in [-0.25, -0.2) is 4.79 Å². The van der Waals surface area contributed by atoms with E-state index in [2.05, 4.69) is 0 Å². The average Bonchev–Trinajstić information content (AvgIpc) is 3.40. The highest BCUT2D eigenvalue weighted by Gasteiger charge is 2.43. The van der Waals surface area contributed by atoms with Gasteiger partial charge in [0.1, 0.15) is 11.4 Å². The smallest absolute Gasteiger partial charge is 0.341 e. The Morgan fingerprint density at radius 1 is 1.04 bits per heavy atom. The summed E-state index contributed by atoms with van der Waals surface area (Å²) in [6.45, 7) is 6.82. The lowest BCUT2D eigenvalue weighted by atomic mass is 10.0. The van der Waals surface area contributed by atoms with Crippen molar-refractivity contribution in [2.24, 2.45) is 0 Å². The van der Waals surface area contributed by atoms with Crippen LogP contribution in [0, 0.1) is 0 Å². The fourth-order valence-electron chi connectivity index (χ4n) is 2.45. The zero-order valence-electron chi connectivity index (χ0n) is 14.0. The van der Waals surface area contributed by atoms with E-state index in [0.717, 1.165) is 39.3 Å². The third kappa shape index (κ3) is 3.94. The fourth-order valence-corrected chi connectivity index (χ4v) is 2.54. The highest BCUT2D eigenvalue weighted by molar-refractivity contribution is 6.60. The van der Waals surface area contributed by atoms with Crippen LogP contribution in [-0.4, -0.2) is 86.3 Å². The summed E-state index contributed by atoms with van der Waals surface area (Å²) in [4.78, 5) is 40.6. The standard InChI is InChI=1S/C12H13N3O2.C4H5Cl3O2/c16-9-7-8(13-1-2-13)12(17)11(15-5-6-15)10(9)14-3-4-14;1-2(5)4(6,7)3(8)9/h7H,1-6H2;2H,1H3,(H,8,9). The Kier molecular flexibility index (Phi) is 5.16. The van der Waals surface area contributed by atoms with Gasteiger partial charge < -0.3 is 19.8 Å². The molecular formula is C16H18Cl3N3O4. The molecule has 3 heterocycles. The van der Waals surface area contributed by atoms with Crippen molar-refractivity contribution in [2.75, 3.05) is 39.3 Å². The number of hydrogen-bond acceptors (Lipinski definition) is 6. The number of carbonyl (C=O) groups excluding carboxylic acids is 2. The second-order valence-corrected chi connectivity index (χ2v) is 8.47. The summed E-state index contributed by atoms with van der Waals surface area (Å²) in [5.41, 5.74) is 1.89. The van der Waals surface area contributed by atoms with Crippen molar-refractivity contribution in [3.8, 4) is 0 Å². The number of aliphatic carboxylic acids is 1. The third-order valence-electron chi connectivity index (χ3n) is 4.27. The Bertz CT molecular complexity index is 720. The van der Waals surface area contributed by atoms with Gasteiger partial charge in [-0.05, 0) is 6.92 Å². The number of nitrogens with zero attached hydrogens (tertiary/aromatic N) is 3. The van der Waals surface area contributed by atoms with Crippen LogP contribution in [-0.2, 0) is 14.4 Å². The molecule has 142 valence electrons. The molecule has 1 atom stereocenters. The summed E-state index contributed by atoms with van der Waals surface area (Å²) in [5.74, 6) is -1.28. The molecule has 0 aromatic heterocycles.